The Balaban J connectivity index is 1.45. The fraction of sp³-hybridized carbons (Fsp3) is 0.444. The summed E-state index contributed by atoms with van der Waals surface area (Å²) >= 11 is 0. The topological polar surface area (TPSA) is 88.2 Å². The molecule has 0 spiro atoms. The number of rotatable bonds is 9. The van der Waals surface area contributed by atoms with E-state index in [0.29, 0.717) is 53.7 Å². The minimum absolute atomic E-state index is 0.0783. The first-order valence-corrected chi connectivity index (χ1v) is 12.2. The van der Waals surface area contributed by atoms with Gasteiger partial charge < -0.3 is 14.8 Å². The summed E-state index contributed by atoms with van der Waals surface area (Å²) in [7, 11) is 0. The van der Waals surface area contributed by atoms with Crippen molar-refractivity contribution in [2.45, 2.75) is 33.4 Å². The highest BCUT2D eigenvalue weighted by Crippen LogP contribution is 2.26. The van der Waals surface area contributed by atoms with Crippen LogP contribution in [0.1, 0.15) is 57.4 Å². The van der Waals surface area contributed by atoms with Gasteiger partial charge in [-0.05, 0) is 42.7 Å². The quantitative estimate of drug-likeness (QED) is 0.557. The van der Waals surface area contributed by atoms with E-state index in [1.54, 1.807) is 42.5 Å². The molecule has 2 aliphatic rings. The second kappa shape index (κ2) is 11.0. The maximum Gasteiger partial charge on any atom is 0.261 e. The smallest absolute Gasteiger partial charge is 0.261 e. The van der Waals surface area contributed by atoms with Gasteiger partial charge in [-0.1, -0.05) is 32.0 Å². The highest BCUT2D eigenvalue weighted by molar-refractivity contribution is 6.21. The van der Waals surface area contributed by atoms with E-state index in [2.05, 4.69) is 24.1 Å². The summed E-state index contributed by atoms with van der Waals surface area (Å²) in [5.74, 6) is 0.100. The molecule has 2 aromatic carbocycles. The predicted octanol–water partition coefficient (Wildman–Crippen LogP) is 2.97. The Kier molecular flexibility index (Phi) is 7.83. The number of imide groups is 1. The molecule has 35 heavy (non-hydrogen) atoms. The zero-order valence-corrected chi connectivity index (χ0v) is 20.6. The molecule has 2 heterocycles. The number of nitrogens with one attached hydrogen (secondary N) is 1. The second-order valence-electron chi connectivity index (χ2n) is 9.36. The van der Waals surface area contributed by atoms with Gasteiger partial charge in [0.05, 0.1) is 42.6 Å². The maximum atomic E-state index is 13.1. The molecule has 2 aromatic rings. The van der Waals surface area contributed by atoms with Gasteiger partial charge in [-0.2, -0.15) is 0 Å². The minimum Gasteiger partial charge on any atom is -0.493 e. The molecule has 1 atom stereocenters. The van der Waals surface area contributed by atoms with Crippen molar-refractivity contribution in [3.63, 3.8) is 0 Å². The lowest BCUT2D eigenvalue weighted by Crippen LogP contribution is -2.48. The molecule has 0 aromatic heterocycles. The van der Waals surface area contributed by atoms with E-state index in [0.717, 1.165) is 19.6 Å². The molecule has 8 nitrogen and oxygen atoms in total. The van der Waals surface area contributed by atoms with Gasteiger partial charge >= 0.3 is 0 Å². The van der Waals surface area contributed by atoms with Crippen molar-refractivity contribution in [1.82, 2.24) is 15.1 Å². The van der Waals surface area contributed by atoms with Crippen LogP contribution in [0.5, 0.6) is 5.75 Å². The summed E-state index contributed by atoms with van der Waals surface area (Å²) in [6, 6.07) is 12.0. The van der Waals surface area contributed by atoms with Gasteiger partial charge in [0, 0.05) is 26.2 Å². The molecule has 1 saturated heterocycles. The Bertz CT molecular complexity index is 1060. The van der Waals surface area contributed by atoms with Gasteiger partial charge in [0.2, 0.25) is 0 Å². The fourth-order valence-corrected chi connectivity index (χ4v) is 4.59. The van der Waals surface area contributed by atoms with Crippen LogP contribution in [-0.4, -0.2) is 73.0 Å². The van der Waals surface area contributed by atoms with Gasteiger partial charge in [-0.15, -0.1) is 0 Å². The van der Waals surface area contributed by atoms with E-state index in [1.807, 2.05) is 6.92 Å². The Morgan fingerprint density at radius 2 is 1.86 bits per heavy atom. The minimum atomic E-state index is -0.328. The Morgan fingerprint density at radius 3 is 2.51 bits per heavy atom. The van der Waals surface area contributed by atoms with Crippen molar-refractivity contribution in [1.29, 1.82) is 0 Å². The van der Waals surface area contributed by atoms with Crippen LogP contribution in [0.3, 0.4) is 0 Å². The monoisotopic (exact) mass is 479 g/mol. The van der Waals surface area contributed by atoms with Crippen LogP contribution in [0.15, 0.2) is 42.5 Å². The van der Waals surface area contributed by atoms with Gasteiger partial charge in [0.25, 0.3) is 17.7 Å². The normalized spacial score (nSPS) is 18.2. The first kappa shape index (κ1) is 24.9. The number of fused-ring (bicyclic) bond motifs is 1. The molecule has 1 fully saturated rings. The largest absolute Gasteiger partial charge is 0.493 e. The number of nitrogens with zero attached hydrogens (tertiary/aromatic N) is 2. The standard InChI is InChI=1S/C27H33N3O5/c1-4-34-24-10-9-19(16-30-26(32)21-7-5-6-8-22(21)27(30)33)13-23(24)25(31)28-14-20-17-29(11-12-35-20)15-18(2)3/h5-10,13,18,20H,4,11-12,14-17H2,1-3H3,(H,28,31). The molecule has 3 amide bonds. The summed E-state index contributed by atoms with van der Waals surface area (Å²) < 4.78 is 11.5. The third kappa shape index (κ3) is 5.71. The summed E-state index contributed by atoms with van der Waals surface area (Å²) in [5.41, 5.74) is 1.85. The van der Waals surface area contributed by atoms with Crippen LogP contribution in [0.4, 0.5) is 0 Å². The summed E-state index contributed by atoms with van der Waals surface area (Å²) in [6.07, 6.45) is -0.0801. The molecule has 186 valence electrons. The number of benzene rings is 2. The van der Waals surface area contributed by atoms with E-state index in [9.17, 15) is 14.4 Å². The van der Waals surface area contributed by atoms with Crippen LogP contribution >= 0.6 is 0 Å². The first-order chi connectivity index (χ1) is 16.9. The summed E-state index contributed by atoms with van der Waals surface area (Å²) in [6.45, 7) is 10.4. The van der Waals surface area contributed by atoms with E-state index in [-0.39, 0.29) is 30.4 Å². The average Bonchev–Trinajstić information content (AvgIpc) is 3.08. The molecule has 4 rings (SSSR count). The SMILES string of the molecule is CCOc1ccc(CN2C(=O)c3ccccc3C2=O)cc1C(=O)NCC1CN(CC(C)C)CCO1. The molecule has 8 heteroatoms. The van der Waals surface area contributed by atoms with E-state index < -0.39 is 0 Å². The summed E-state index contributed by atoms with van der Waals surface area (Å²) in [5, 5.41) is 2.98. The van der Waals surface area contributed by atoms with E-state index in [4.69, 9.17) is 9.47 Å². The van der Waals surface area contributed by atoms with Crippen LogP contribution in [0.2, 0.25) is 0 Å². The number of carbonyl (C=O) groups excluding carboxylic acids is 3. The van der Waals surface area contributed by atoms with Crippen molar-refractivity contribution >= 4 is 17.7 Å². The van der Waals surface area contributed by atoms with Gasteiger partial charge in [0.1, 0.15) is 5.75 Å². The Labute approximate surface area is 206 Å². The molecular formula is C27H33N3O5. The highest BCUT2D eigenvalue weighted by Gasteiger charge is 2.35. The van der Waals surface area contributed by atoms with Crippen molar-refractivity contribution in [2.24, 2.45) is 5.92 Å². The number of hydrogen-bond donors (Lipinski definition) is 1. The molecule has 1 N–H and O–H groups in total. The second-order valence-corrected chi connectivity index (χ2v) is 9.36. The van der Waals surface area contributed by atoms with Crippen molar-refractivity contribution < 1.29 is 23.9 Å². The Hall–Kier alpha value is -3.23. The van der Waals surface area contributed by atoms with E-state index >= 15 is 0 Å². The van der Waals surface area contributed by atoms with Gasteiger partial charge in [-0.25, -0.2) is 0 Å². The zero-order valence-electron chi connectivity index (χ0n) is 20.6. The number of amides is 3. The van der Waals surface area contributed by atoms with E-state index in [1.165, 1.54) is 4.90 Å². The number of hydrogen-bond acceptors (Lipinski definition) is 6. The lowest BCUT2D eigenvalue weighted by molar-refractivity contribution is -0.0295. The van der Waals surface area contributed by atoms with Crippen LogP contribution in [0.25, 0.3) is 0 Å². The zero-order chi connectivity index (χ0) is 24.9. The van der Waals surface area contributed by atoms with Crippen molar-refractivity contribution in [2.75, 3.05) is 39.4 Å². The van der Waals surface area contributed by atoms with Gasteiger partial charge in [0.15, 0.2) is 0 Å². The van der Waals surface area contributed by atoms with Crippen LogP contribution < -0.4 is 10.1 Å². The lowest BCUT2D eigenvalue weighted by atomic mass is 10.1. The predicted molar refractivity (Wildman–Crippen MR) is 132 cm³/mol. The summed E-state index contributed by atoms with van der Waals surface area (Å²) in [4.78, 5) is 42.2. The number of morpholine rings is 1. The maximum absolute atomic E-state index is 13.1. The van der Waals surface area contributed by atoms with Gasteiger partial charge in [-0.3, -0.25) is 24.2 Å². The number of carbonyl (C=O) groups is 3. The van der Waals surface area contributed by atoms with Crippen LogP contribution in [-0.2, 0) is 11.3 Å². The molecule has 0 saturated carbocycles. The lowest BCUT2D eigenvalue weighted by Gasteiger charge is -2.34. The third-order valence-electron chi connectivity index (χ3n) is 6.14. The van der Waals surface area contributed by atoms with Crippen molar-refractivity contribution in [3.8, 4) is 5.75 Å². The molecular weight excluding hydrogens is 446 g/mol. The first-order valence-electron chi connectivity index (χ1n) is 12.2. The molecule has 0 radical (unpaired) electrons. The molecule has 0 aliphatic carbocycles. The Morgan fingerprint density at radius 1 is 1.14 bits per heavy atom. The van der Waals surface area contributed by atoms with Crippen molar-refractivity contribution in [3.05, 3.63) is 64.7 Å². The fourth-order valence-electron chi connectivity index (χ4n) is 4.59. The molecule has 2 aliphatic heterocycles. The average molecular weight is 480 g/mol. The van der Waals surface area contributed by atoms with Crippen LogP contribution in [0, 0.1) is 5.92 Å². The molecule has 0 bridgehead atoms. The highest BCUT2D eigenvalue weighted by atomic mass is 16.5. The number of ether oxygens (including phenoxy) is 2. The molecule has 1 unspecified atom stereocenters. The third-order valence-corrected chi connectivity index (χ3v) is 6.14.